The van der Waals surface area contributed by atoms with Gasteiger partial charge in [0.2, 0.25) is 0 Å². The summed E-state index contributed by atoms with van der Waals surface area (Å²) in [7, 11) is 0. The van der Waals surface area contributed by atoms with Gasteiger partial charge in [-0.1, -0.05) is 49.7 Å². The lowest BCUT2D eigenvalue weighted by atomic mass is 10.0. The largest absolute Gasteiger partial charge is 0.484 e. The van der Waals surface area contributed by atoms with Gasteiger partial charge in [-0.05, 0) is 29.7 Å². The Morgan fingerprint density at radius 2 is 1.86 bits per heavy atom. The Balaban J connectivity index is 2.01. The van der Waals surface area contributed by atoms with Gasteiger partial charge in [0, 0.05) is 5.56 Å². The number of rotatable bonds is 5. The summed E-state index contributed by atoms with van der Waals surface area (Å²) in [5, 5.41) is 0.151. The van der Waals surface area contributed by atoms with Gasteiger partial charge in [0.1, 0.15) is 11.6 Å². The van der Waals surface area contributed by atoms with Gasteiger partial charge in [-0.3, -0.25) is 4.79 Å². The molecular formula is C17H16ClFO2. The minimum Gasteiger partial charge on any atom is -0.484 e. The first-order valence-electron chi connectivity index (χ1n) is 6.68. The van der Waals surface area contributed by atoms with Crippen LogP contribution in [-0.2, 0) is 0 Å². The maximum absolute atomic E-state index is 12.9. The van der Waals surface area contributed by atoms with Crippen LogP contribution in [-0.4, -0.2) is 12.4 Å². The van der Waals surface area contributed by atoms with Gasteiger partial charge in [0.15, 0.2) is 12.4 Å². The minimum absolute atomic E-state index is 0.133. The quantitative estimate of drug-likeness (QED) is 0.737. The first-order chi connectivity index (χ1) is 9.97. The Morgan fingerprint density at radius 1 is 1.19 bits per heavy atom. The number of hydrogen-bond acceptors (Lipinski definition) is 2. The molecular weight excluding hydrogens is 291 g/mol. The van der Waals surface area contributed by atoms with Crippen LogP contribution in [0.5, 0.6) is 5.75 Å². The molecule has 0 aromatic heterocycles. The van der Waals surface area contributed by atoms with E-state index in [-0.39, 0.29) is 17.4 Å². The molecule has 0 spiro atoms. The lowest BCUT2D eigenvalue weighted by Gasteiger charge is -2.09. The normalized spacial score (nSPS) is 10.7. The van der Waals surface area contributed by atoms with Crippen molar-refractivity contribution in [2.24, 2.45) is 0 Å². The van der Waals surface area contributed by atoms with Crippen molar-refractivity contribution in [3.05, 3.63) is 64.4 Å². The van der Waals surface area contributed by atoms with Crippen molar-refractivity contribution in [3.8, 4) is 5.75 Å². The summed E-state index contributed by atoms with van der Waals surface area (Å²) in [4.78, 5) is 12.0. The summed E-state index contributed by atoms with van der Waals surface area (Å²) in [6.07, 6.45) is 0. The van der Waals surface area contributed by atoms with Crippen molar-refractivity contribution >= 4 is 17.4 Å². The molecule has 0 fully saturated rings. The average Bonchev–Trinajstić information content (AvgIpc) is 2.46. The first kappa shape index (κ1) is 15.5. The Labute approximate surface area is 128 Å². The van der Waals surface area contributed by atoms with Crippen LogP contribution in [0.4, 0.5) is 4.39 Å². The van der Waals surface area contributed by atoms with Crippen LogP contribution in [0.2, 0.25) is 5.02 Å². The number of ether oxygens (including phenoxy) is 1. The van der Waals surface area contributed by atoms with E-state index in [0.717, 1.165) is 6.07 Å². The Bertz CT molecular complexity index is 636. The van der Waals surface area contributed by atoms with E-state index in [1.54, 1.807) is 12.1 Å². The standard InChI is InChI=1S/C17H16ClFO2/c1-11(2)12-3-5-13(6-4-12)16(20)10-21-17-8-7-14(19)9-15(17)18/h3-9,11H,10H2,1-2H3. The molecule has 0 bridgehead atoms. The second kappa shape index (κ2) is 6.72. The molecule has 2 aromatic carbocycles. The molecule has 110 valence electrons. The van der Waals surface area contributed by atoms with Crippen molar-refractivity contribution < 1.29 is 13.9 Å². The zero-order valence-corrected chi connectivity index (χ0v) is 12.7. The fourth-order valence-corrected chi connectivity index (χ4v) is 2.09. The molecule has 2 aromatic rings. The minimum atomic E-state index is -0.442. The van der Waals surface area contributed by atoms with Crippen molar-refractivity contribution in [1.29, 1.82) is 0 Å². The van der Waals surface area contributed by atoms with E-state index in [9.17, 15) is 9.18 Å². The first-order valence-corrected chi connectivity index (χ1v) is 7.06. The van der Waals surface area contributed by atoms with Gasteiger partial charge in [0.25, 0.3) is 0 Å². The van der Waals surface area contributed by atoms with E-state index in [4.69, 9.17) is 16.3 Å². The number of Topliss-reactive ketones (excluding diaryl/α,β-unsaturated/α-hetero) is 1. The third-order valence-corrected chi connectivity index (χ3v) is 3.45. The fourth-order valence-electron chi connectivity index (χ4n) is 1.87. The van der Waals surface area contributed by atoms with Gasteiger partial charge in [0.05, 0.1) is 5.02 Å². The Kier molecular flexibility index (Phi) is 4.97. The lowest BCUT2D eigenvalue weighted by molar-refractivity contribution is 0.0921. The van der Waals surface area contributed by atoms with E-state index < -0.39 is 5.82 Å². The molecule has 4 heteroatoms. The molecule has 0 saturated heterocycles. The van der Waals surface area contributed by atoms with Crippen LogP contribution >= 0.6 is 11.6 Å². The molecule has 0 atom stereocenters. The van der Waals surface area contributed by atoms with Crippen molar-refractivity contribution in [2.45, 2.75) is 19.8 Å². The van der Waals surface area contributed by atoms with Crippen LogP contribution in [0.25, 0.3) is 0 Å². The number of hydrogen-bond donors (Lipinski definition) is 0. The number of benzene rings is 2. The highest BCUT2D eigenvalue weighted by atomic mass is 35.5. The van der Waals surface area contributed by atoms with Crippen molar-refractivity contribution in [2.75, 3.05) is 6.61 Å². The number of ketones is 1. The summed E-state index contributed by atoms with van der Waals surface area (Å²) in [6, 6.07) is 11.2. The van der Waals surface area contributed by atoms with E-state index in [1.807, 2.05) is 12.1 Å². The zero-order valence-electron chi connectivity index (χ0n) is 11.9. The molecule has 0 aliphatic rings. The molecule has 0 aliphatic carbocycles. The molecule has 0 unspecified atom stereocenters. The molecule has 0 heterocycles. The third kappa shape index (κ3) is 4.05. The lowest BCUT2D eigenvalue weighted by Crippen LogP contribution is -2.11. The van der Waals surface area contributed by atoms with E-state index >= 15 is 0 Å². The molecule has 0 saturated carbocycles. The predicted octanol–water partition coefficient (Wildman–Crippen LogP) is 4.86. The summed E-state index contributed by atoms with van der Waals surface area (Å²) < 4.78 is 18.2. The zero-order chi connectivity index (χ0) is 15.4. The van der Waals surface area contributed by atoms with Gasteiger partial charge in [-0.25, -0.2) is 4.39 Å². The maximum atomic E-state index is 12.9. The van der Waals surface area contributed by atoms with Gasteiger partial charge in [-0.2, -0.15) is 0 Å². The second-order valence-corrected chi connectivity index (χ2v) is 5.47. The van der Waals surface area contributed by atoms with E-state index in [0.29, 0.717) is 17.2 Å². The topological polar surface area (TPSA) is 26.3 Å². The second-order valence-electron chi connectivity index (χ2n) is 5.06. The van der Waals surface area contributed by atoms with Crippen LogP contribution in [0, 0.1) is 5.82 Å². The third-order valence-electron chi connectivity index (χ3n) is 3.15. The fraction of sp³-hybridized carbons (Fsp3) is 0.235. The maximum Gasteiger partial charge on any atom is 0.200 e. The Hall–Kier alpha value is -1.87. The van der Waals surface area contributed by atoms with E-state index in [2.05, 4.69) is 13.8 Å². The van der Waals surface area contributed by atoms with Gasteiger partial charge >= 0.3 is 0 Å². The number of halogens is 2. The summed E-state index contributed by atoms with van der Waals surface area (Å²) in [5.74, 6) is 0.127. The summed E-state index contributed by atoms with van der Waals surface area (Å²) in [6.45, 7) is 4.05. The molecule has 0 radical (unpaired) electrons. The molecule has 21 heavy (non-hydrogen) atoms. The molecule has 0 N–H and O–H groups in total. The van der Waals surface area contributed by atoms with Gasteiger partial charge in [-0.15, -0.1) is 0 Å². The van der Waals surface area contributed by atoms with Crippen LogP contribution in [0.3, 0.4) is 0 Å². The van der Waals surface area contributed by atoms with Crippen molar-refractivity contribution in [1.82, 2.24) is 0 Å². The predicted molar refractivity (Wildman–Crippen MR) is 81.8 cm³/mol. The van der Waals surface area contributed by atoms with Gasteiger partial charge < -0.3 is 4.74 Å². The number of carbonyl (C=O) groups excluding carboxylic acids is 1. The number of carbonyl (C=O) groups is 1. The smallest absolute Gasteiger partial charge is 0.200 e. The molecule has 2 rings (SSSR count). The highest BCUT2D eigenvalue weighted by Crippen LogP contribution is 2.25. The highest BCUT2D eigenvalue weighted by molar-refractivity contribution is 6.32. The highest BCUT2D eigenvalue weighted by Gasteiger charge is 2.10. The molecule has 2 nitrogen and oxygen atoms in total. The van der Waals surface area contributed by atoms with E-state index in [1.165, 1.54) is 17.7 Å². The molecule has 0 amide bonds. The van der Waals surface area contributed by atoms with Crippen LogP contribution in [0.1, 0.15) is 35.7 Å². The van der Waals surface area contributed by atoms with Crippen LogP contribution in [0.15, 0.2) is 42.5 Å². The SMILES string of the molecule is CC(C)c1ccc(C(=O)COc2ccc(F)cc2Cl)cc1. The Morgan fingerprint density at radius 3 is 2.43 bits per heavy atom. The van der Waals surface area contributed by atoms with Crippen LogP contribution < -0.4 is 4.74 Å². The summed E-state index contributed by atoms with van der Waals surface area (Å²) >= 11 is 5.84. The van der Waals surface area contributed by atoms with Crippen molar-refractivity contribution in [3.63, 3.8) is 0 Å². The average molecular weight is 307 g/mol. The summed E-state index contributed by atoms with van der Waals surface area (Å²) in [5.41, 5.74) is 1.76. The monoisotopic (exact) mass is 306 g/mol. The molecule has 0 aliphatic heterocycles.